The van der Waals surface area contributed by atoms with Crippen molar-refractivity contribution in [1.82, 2.24) is 24.5 Å². The fraction of sp³-hybridized carbons (Fsp3) is 0.152. The van der Waals surface area contributed by atoms with Crippen LogP contribution in [0.2, 0.25) is 0 Å². The lowest BCUT2D eigenvalue weighted by atomic mass is 9.98. The SMILES string of the molecule is Cc1nc2scc(CC(=O)N[C@@H](Cc3ccccc3)c3ccccc3)n2c(=O)c1-c1cc(C)n(-c2ccccc2F)n1. The number of halogens is 1. The number of nitrogens with one attached hydrogen (secondary N) is 1. The van der Waals surface area contributed by atoms with E-state index < -0.39 is 5.82 Å². The van der Waals surface area contributed by atoms with E-state index in [1.54, 1.807) is 43.5 Å². The molecule has 0 bridgehead atoms. The molecule has 6 aromatic rings. The van der Waals surface area contributed by atoms with E-state index >= 15 is 0 Å². The van der Waals surface area contributed by atoms with E-state index in [2.05, 4.69) is 15.4 Å². The molecule has 0 aliphatic carbocycles. The van der Waals surface area contributed by atoms with Crippen molar-refractivity contribution in [3.05, 3.63) is 141 Å². The average molecular weight is 578 g/mol. The third-order valence-corrected chi connectivity index (χ3v) is 8.08. The van der Waals surface area contributed by atoms with E-state index in [1.165, 1.54) is 26.5 Å². The van der Waals surface area contributed by atoms with E-state index in [0.717, 1.165) is 11.1 Å². The first-order valence-corrected chi connectivity index (χ1v) is 14.5. The molecule has 0 aliphatic heterocycles. The molecule has 0 fully saturated rings. The fourth-order valence-electron chi connectivity index (χ4n) is 5.19. The van der Waals surface area contributed by atoms with Gasteiger partial charge >= 0.3 is 0 Å². The van der Waals surface area contributed by atoms with Gasteiger partial charge in [-0.25, -0.2) is 14.1 Å². The summed E-state index contributed by atoms with van der Waals surface area (Å²) in [6, 6.07) is 27.7. The number of amides is 1. The van der Waals surface area contributed by atoms with Gasteiger partial charge < -0.3 is 5.32 Å². The minimum absolute atomic E-state index is 0.00487. The van der Waals surface area contributed by atoms with Gasteiger partial charge in [-0.05, 0) is 49.6 Å². The highest BCUT2D eigenvalue weighted by molar-refractivity contribution is 7.15. The normalized spacial score (nSPS) is 12.0. The van der Waals surface area contributed by atoms with Crippen molar-refractivity contribution in [3.63, 3.8) is 0 Å². The van der Waals surface area contributed by atoms with Crippen molar-refractivity contribution in [2.24, 2.45) is 0 Å². The van der Waals surface area contributed by atoms with Crippen molar-refractivity contribution in [1.29, 1.82) is 0 Å². The van der Waals surface area contributed by atoms with Gasteiger partial charge in [0.1, 0.15) is 17.2 Å². The Bertz CT molecular complexity index is 1950. The topological polar surface area (TPSA) is 81.3 Å². The van der Waals surface area contributed by atoms with Crippen molar-refractivity contribution < 1.29 is 9.18 Å². The zero-order chi connectivity index (χ0) is 29.2. The zero-order valence-electron chi connectivity index (χ0n) is 23.1. The monoisotopic (exact) mass is 577 g/mol. The van der Waals surface area contributed by atoms with Gasteiger partial charge in [-0.2, -0.15) is 5.10 Å². The van der Waals surface area contributed by atoms with Crippen LogP contribution in [-0.2, 0) is 17.6 Å². The molecule has 1 atom stereocenters. The Balaban J connectivity index is 1.32. The molecule has 0 saturated carbocycles. The quantitative estimate of drug-likeness (QED) is 0.240. The Labute approximate surface area is 245 Å². The number of fused-ring (bicyclic) bond motifs is 1. The number of hydrogen-bond donors (Lipinski definition) is 1. The van der Waals surface area contributed by atoms with Crippen LogP contribution in [0.1, 0.15) is 34.3 Å². The third-order valence-electron chi connectivity index (χ3n) is 7.21. The average Bonchev–Trinajstić information content (AvgIpc) is 3.56. The molecule has 42 heavy (non-hydrogen) atoms. The van der Waals surface area contributed by atoms with Crippen LogP contribution in [0.3, 0.4) is 0 Å². The van der Waals surface area contributed by atoms with Crippen LogP contribution >= 0.6 is 11.3 Å². The molecule has 7 nitrogen and oxygen atoms in total. The number of benzene rings is 3. The van der Waals surface area contributed by atoms with Gasteiger partial charge in [-0.3, -0.25) is 14.0 Å². The Hall–Kier alpha value is -4.89. The summed E-state index contributed by atoms with van der Waals surface area (Å²) in [4.78, 5) is 32.5. The number of nitrogens with zero attached hydrogens (tertiary/aromatic N) is 4. The van der Waals surface area contributed by atoms with Gasteiger partial charge in [0.05, 0.1) is 23.7 Å². The lowest BCUT2D eigenvalue weighted by Gasteiger charge is -2.19. The second kappa shape index (κ2) is 11.5. The number of hydrogen-bond acceptors (Lipinski definition) is 5. The van der Waals surface area contributed by atoms with Crippen LogP contribution in [0.25, 0.3) is 21.9 Å². The smallest absolute Gasteiger partial charge is 0.268 e. The summed E-state index contributed by atoms with van der Waals surface area (Å²) < 4.78 is 17.5. The van der Waals surface area contributed by atoms with Crippen LogP contribution in [0, 0.1) is 19.7 Å². The maximum absolute atomic E-state index is 14.5. The lowest BCUT2D eigenvalue weighted by molar-refractivity contribution is -0.121. The fourth-order valence-corrected chi connectivity index (χ4v) is 6.11. The number of carbonyl (C=O) groups is 1. The molecule has 9 heteroatoms. The van der Waals surface area contributed by atoms with Gasteiger partial charge in [0.15, 0.2) is 4.96 Å². The molecule has 6 rings (SSSR count). The standard InChI is InChI=1S/C33H28FN5O2S/c1-21-17-28(37-39(21)29-16-10-9-15-26(29)34)31-22(2)35-33-38(32(31)41)25(20-42-33)19-30(40)36-27(24-13-7-4-8-14-24)18-23-11-5-3-6-12-23/h3-17,20,27H,18-19H2,1-2H3,(H,36,40)/t27-/m0/s1. The minimum Gasteiger partial charge on any atom is -0.349 e. The molecule has 0 radical (unpaired) electrons. The highest BCUT2D eigenvalue weighted by Crippen LogP contribution is 2.25. The van der Waals surface area contributed by atoms with E-state index in [-0.39, 0.29) is 23.9 Å². The Morgan fingerprint density at radius 3 is 2.40 bits per heavy atom. The summed E-state index contributed by atoms with van der Waals surface area (Å²) in [5, 5.41) is 9.55. The third kappa shape index (κ3) is 5.38. The van der Waals surface area contributed by atoms with Gasteiger partial charge in [0.25, 0.3) is 5.56 Å². The van der Waals surface area contributed by atoms with E-state index in [0.29, 0.717) is 45.4 Å². The number of aromatic nitrogens is 4. The minimum atomic E-state index is -0.413. The number of aryl methyl sites for hydroxylation is 2. The molecule has 0 spiro atoms. The summed E-state index contributed by atoms with van der Waals surface area (Å²) in [6.45, 7) is 3.56. The lowest BCUT2D eigenvalue weighted by Crippen LogP contribution is -2.32. The van der Waals surface area contributed by atoms with Crippen LogP contribution in [0.5, 0.6) is 0 Å². The molecule has 0 saturated heterocycles. The molecular weight excluding hydrogens is 549 g/mol. The van der Waals surface area contributed by atoms with E-state index in [4.69, 9.17) is 0 Å². The number of thiazole rings is 1. The number of para-hydroxylation sites is 1. The summed E-state index contributed by atoms with van der Waals surface area (Å²) in [6.07, 6.45) is 0.640. The summed E-state index contributed by atoms with van der Waals surface area (Å²) >= 11 is 1.31. The number of rotatable bonds is 8. The highest BCUT2D eigenvalue weighted by Gasteiger charge is 2.22. The summed E-state index contributed by atoms with van der Waals surface area (Å²) in [5.41, 5.74) is 4.54. The molecule has 3 aromatic heterocycles. The summed E-state index contributed by atoms with van der Waals surface area (Å²) in [5.74, 6) is -0.613. The van der Waals surface area contributed by atoms with Crippen molar-refractivity contribution in [2.75, 3.05) is 0 Å². The summed E-state index contributed by atoms with van der Waals surface area (Å²) in [7, 11) is 0. The Morgan fingerprint density at radius 2 is 1.67 bits per heavy atom. The predicted molar refractivity (Wildman–Crippen MR) is 163 cm³/mol. The van der Waals surface area contributed by atoms with Crippen LogP contribution in [0.4, 0.5) is 4.39 Å². The first kappa shape index (κ1) is 27.3. The largest absolute Gasteiger partial charge is 0.349 e. The molecule has 210 valence electrons. The molecule has 0 unspecified atom stereocenters. The maximum Gasteiger partial charge on any atom is 0.268 e. The van der Waals surface area contributed by atoms with Gasteiger partial charge in [-0.1, -0.05) is 72.8 Å². The molecule has 1 amide bonds. The Morgan fingerprint density at radius 1 is 0.976 bits per heavy atom. The first-order valence-electron chi connectivity index (χ1n) is 13.6. The van der Waals surface area contributed by atoms with Gasteiger partial charge in [0, 0.05) is 16.8 Å². The first-order chi connectivity index (χ1) is 20.4. The van der Waals surface area contributed by atoms with Crippen molar-refractivity contribution >= 4 is 22.2 Å². The van der Waals surface area contributed by atoms with Gasteiger partial charge in [0.2, 0.25) is 5.91 Å². The highest BCUT2D eigenvalue weighted by atomic mass is 32.1. The molecule has 0 aliphatic rings. The van der Waals surface area contributed by atoms with Crippen molar-refractivity contribution in [2.45, 2.75) is 32.7 Å². The predicted octanol–water partition coefficient (Wildman–Crippen LogP) is 6.01. The van der Waals surface area contributed by atoms with Crippen LogP contribution in [0.15, 0.2) is 101 Å². The maximum atomic E-state index is 14.5. The van der Waals surface area contributed by atoms with E-state index in [1.807, 2.05) is 60.7 Å². The van der Waals surface area contributed by atoms with Gasteiger partial charge in [-0.15, -0.1) is 11.3 Å². The van der Waals surface area contributed by atoms with E-state index in [9.17, 15) is 14.0 Å². The second-order valence-electron chi connectivity index (χ2n) is 10.2. The second-order valence-corrected chi connectivity index (χ2v) is 11.0. The number of carbonyl (C=O) groups excluding carboxylic acids is 1. The zero-order valence-corrected chi connectivity index (χ0v) is 23.9. The molecule has 3 aromatic carbocycles. The molecule has 3 heterocycles. The van der Waals surface area contributed by atoms with Crippen molar-refractivity contribution in [3.8, 4) is 16.9 Å². The Kier molecular flexibility index (Phi) is 7.50. The van der Waals surface area contributed by atoms with Crippen LogP contribution < -0.4 is 10.9 Å². The molecular formula is C33H28FN5O2S. The molecule has 1 N–H and O–H groups in total. The van der Waals surface area contributed by atoms with Crippen LogP contribution in [-0.4, -0.2) is 25.1 Å².